The van der Waals surface area contributed by atoms with Crippen LogP contribution in [0.3, 0.4) is 0 Å². The fourth-order valence-electron chi connectivity index (χ4n) is 1.50. The summed E-state index contributed by atoms with van der Waals surface area (Å²) in [6, 6.07) is 3.02. The van der Waals surface area contributed by atoms with Gasteiger partial charge in [-0.1, -0.05) is 0 Å². The fraction of sp³-hybridized carbons (Fsp3) is 0.333. The van der Waals surface area contributed by atoms with Crippen LogP contribution in [0.4, 0.5) is 18.9 Å². The number of benzene rings is 1. The highest BCUT2D eigenvalue weighted by atomic mass is 19.4. The molecule has 0 saturated heterocycles. The Kier molecular flexibility index (Phi) is 5.09. The molecule has 0 aliphatic carbocycles. The zero-order valence-electron chi connectivity index (χ0n) is 10.5. The molecule has 1 rings (SSSR count). The molecule has 1 aromatic carbocycles. The first-order chi connectivity index (χ1) is 9.25. The zero-order valence-corrected chi connectivity index (χ0v) is 10.5. The summed E-state index contributed by atoms with van der Waals surface area (Å²) in [6.07, 6.45) is -4.47. The highest BCUT2D eigenvalue weighted by Crippen LogP contribution is 2.32. The molecule has 0 aromatic heterocycles. The summed E-state index contributed by atoms with van der Waals surface area (Å²) >= 11 is 0. The summed E-state index contributed by atoms with van der Waals surface area (Å²) in [7, 11) is 0. The van der Waals surface area contributed by atoms with E-state index in [0.29, 0.717) is 0 Å². The van der Waals surface area contributed by atoms with E-state index in [0.717, 1.165) is 18.2 Å². The molecule has 20 heavy (non-hydrogen) atoms. The molecule has 0 fully saturated rings. The molecule has 8 heteroatoms. The van der Waals surface area contributed by atoms with Crippen LogP contribution in [0, 0.1) is 6.92 Å². The number of hydrogen-bond acceptors (Lipinski definition) is 3. The van der Waals surface area contributed by atoms with Crippen LogP contribution >= 0.6 is 0 Å². The number of anilines is 1. The number of aryl methyl sites for hydroxylation is 1. The maximum atomic E-state index is 12.5. The van der Waals surface area contributed by atoms with Crippen molar-refractivity contribution < 1.29 is 27.9 Å². The van der Waals surface area contributed by atoms with Crippen molar-refractivity contribution in [1.29, 1.82) is 0 Å². The largest absolute Gasteiger partial charge is 0.416 e. The summed E-state index contributed by atoms with van der Waals surface area (Å²) in [4.78, 5) is 22.6. The highest BCUT2D eigenvalue weighted by molar-refractivity contribution is 6.39. The Hall–Kier alpha value is -2.09. The van der Waals surface area contributed by atoms with Crippen LogP contribution < -0.4 is 10.6 Å². The van der Waals surface area contributed by atoms with Crippen molar-refractivity contribution in [2.24, 2.45) is 0 Å². The van der Waals surface area contributed by atoms with Crippen molar-refractivity contribution in [3.05, 3.63) is 29.3 Å². The molecule has 0 spiro atoms. The first kappa shape index (κ1) is 16.0. The van der Waals surface area contributed by atoms with E-state index < -0.39 is 23.6 Å². The quantitative estimate of drug-likeness (QED) is 0.728. The Bertz CT molecular complexity index is 515. The van der Waals surface area contributed by atoms with E-state index in [4.69, 9.17) is 5.11 Å². The predicted molar refractivity (Wildman–Crippen MR) is 64.9 cm³/mol. The second-order valence-electron chi connectivity index (χ2n) is 3.96. The zero-order chi connectivity index (χ0) is 15.3. The lowest BCUT2D eigenvalue weighted by Crippen LogP contribution is -2.36. The van der Waals surface area contributed by atoms with Gasteiger partial charge in [0.15, 0.2) is 0 Å². The molecule has 2 amide bonds. The molecule has 1 aromatic rings. The standard InChI is InChI=1S/C12H13F3N2O3/c1-7-6-8(2-3-9(7)12(13,14)15)17-11(20)10(19)16-4-5-18/h2-3,6,18H,4-5H2,1H3,(H,16,19)(H,17,20). The minimum Gasteiger partial charge on any atom is -0.395 e. The molecule has 0 saturated carbocycles. The summed E-state index contributed by atoms with van der Waals surface area (Å²) in [5.41, 5.74) is -0.786. The van der Waals surface area contributed by atoms with E-state index in [1.54, 1.807) is 0 Å². The van der Waals surface area contributed by atoms with Gasteiger partial charge in [-0.05, 0) is 30.7 Å². The number of aliphatic hydroxyl groups excluding tert-OH is 1. The minimum absolute atomic E-state index is 0.0638. The summed E-state index contributed by atoms with van der Waals surface area (Å²) in [5, 5.41) is 12.8. The smallest absolute Gasteiger partial charge is 0.395 e. The van der Waals surface area contributed by atoms with Crippen LogP contribution in [0.25, 0.3) is 0 Å². The second-order valence-corrected chi connectivity index (χ2v) is 3.96. The molecule has 0 atom stereocenters. The Labute approximate surface area is 112 Å². The van der Waals surface area contributed by atoms with Crippen LogP contribution in [0.2, 0.25) is 0 Å². The molecular formula is C12H13F3N2O3. The number of alkyl halides is 3. The summed E-state index contributed by atoms with van der Waals surface area (Å²) < 4.78 is 37.6. The molecule has 110 valence electrons. The Morgan fingerprint density at radius 3 is 2.40 bits per heavy atom. The summed E-state index contributed by atoms with van der Waals surface area (Å²) in [6.45, 7) is 0.848. The number of aliphatic hydroxyl groups is 1. The molecule has 3 N–H and O–H groups in total. The topological polar surface area (TPSA) is 78.4 Å². The van der Waals surface area contributed by atoms with Crippen LogP contribution in [-0.4, -0.2) is 30.1 Å². The van der Waals surface area contributed by atoms with Crippen molar-refractivity contribution in [3.63, 3.8) is 0 Å². The third-order valence-corrected chi connectivity index (χ3v) is 2.39. The van der Waals surface area contributed by atoms with Gasteiger partial charge in [0.1, 0.15) is 0 Å². The maximum absolute atomic E-state index is 12.5. The first-order valence-electron chi connectivity index (χ1n) is 5.63. The van der Waals surface area contributed by atoms with Crippen LogP contribution in [0.15, 0.2) is 18.2 Å². The maximum Gasteiger partial charge on any atom is 0.416 e. The second kappa shape index (κ2) is 6.38. The average molecular weight is 290 g/mol. The van der Waals surface area contributed by atoms with Gasteiger partial charge in [0.05, 0.1) is 12.2 Å². The molecule has 0 unspecified atom stereocenters. The normalized spacial score (nSPS) is 11.1. The van der Waals surface area contributed by atoms with Crippen LogP contribution in [-0.2, 0) is 15.8 Å². The van der Waals surface area contributed by atoms with Gasteiger partial charge in [-0.2, -0.15) is 13.2 Å². The SMILES string of the molecule is Cc1cc(NC(=O)C(=O)NCCO)ccc1C(F)(F)F. The van der Waals surface area contributed by atoms with Gasteiger partial charge in [-0.3, -0.25) is 9.59 Å². The van der Waals surface area contributed by atoms with Gasteiger partial charge < -0.3 is 15.7 Å². The van der Waals surface area contributed by atoms with Crippen LogP contribution in [0.1, 0.15) is 11.1 Å². The number of carbonyl (C=O) groups excluding carboxylic acids is 2. The summed E-state index contributed by atoms with van der Waals surface area (Å²) in [5.74, 6) is -1.99. The number of nitrogens with one attached hydrogen (secondary N) is 2. The van der Waals surface area contributed by atoms with E-state index in [-0.39, 0.29) is 24.4 Å². The Morgan fingerprint density at radius 2 is 1.90 bits per heavy atom. The van der Waals surface area contributed by atoms with Gasteiger partial charge >= 0.3 is 18.0 Å². The van der Waals surface area contributed by atoms with Crippen molar-refractivity contribution in [2.75, 3.05) is 18.5 Å². The number of amides is 2. The molecule has 0 aliphatic rings. The Morgan fingerprint density at radius 1 is 1.25 bits per heavy atom. The monoisotopic (exact) mass is 290 g/mol. The molecule has 0 radical (unpaired) electrons. The van der Waals surface area contributed by atoms with Gasteiger partial charge in [0, 0.05) is 12.2 Å². The molecular weight excluding hydrogens is 277 g/mol. The fourth-order valence-corrected chi connectivity index (χ4v) is 1.50. The molecule has 0 aliphatic heterocycles. The van der Waals surface area contributed by atoms with E-state index in [2.05, 4.69) is 10.6 Å². The van der Waals surface area contributed by atoms with Gasteiger partial charge in [-0.25, -0.2) is 0 Å². The third kappa shape index (κ3) is 4.23. The lowest BCUT2D eigenvalue weighted by atomic mass is 10.1. The average Bonchev–Trinajstić information content (AvgIpc) is 2.34. The van der Waals surface area contributed by atoms with Gasteiger partial charge in [-0.15, -0.1) is 0 Å². The van der Waals surface area contributed by atoms with Crippen molar-refractivity contribution in [3.8, 4) is 0 Å². The van der Waals surface area contributed by atoms with Gasteiger partial charge in [0.2, 0.25) is 0 Å². The third-order valence-electron chi connectivity index (χ3n) is 2.39. The van der Waals surface area contributed by atoms with E-state index in [1.807, 2.05) is 0 Å². The molecule has 5 nitrogen and oxygen atoms in total. The number of carbonyl (C=O) groups is 2. The number of halogens is 3. The van der Waals surface area contributed by atoms with E-state index >= 15 is 0 Å². The van der Waals surface area contributed by atoms with E-state index in [9.17, 15) is 22.8 Å². The van der Waals surface area contributed by atoms with E-state index in [1.165, 1.54) is 6.92 Å². The van der Waals surface area contributed by atoms with Crippen LogP contribution in [0.5, 0.6) is 0 Å². The highest BCUT2D eigenvalue weighted by Gasteiger charge is 2.32. The minimum atomic E-state index is -4.47. The Balaban J connectivity index is 2.77. The van der Waals surface area contributed by atoms with Crippen molar-refractivity contribution >= 4 is 17.5 Å². The lowest BCUT2D eigenvalue weighted by Gasteiger charge is -2.12. The lowest BCUT2D eigenvalue weighted by molar-refractivity contribution is -0.138. The van der Waals surface area contributed by atoms with Crippen molar-refractivity contribution in [2.45, 2.75) is 13.1 Å². The van der Waals surface area contributed by atoms with Gasteiger partial charge in [0.25, 0.3) is 0 Å². The van der Waals surface area contributed by atoms with Crippen molar-refractivity contribution in [1.82, 2.24) is 5.32 Å². The number of rotatable bonds is 3. The first-order valence-corrected chi connectivity index (χ1v) is 5.63. The predicted octanol–water partition coefficient (Wildman–Crippen LogP) is 1.06. The number of hydrogen-bond donors (Lipinski definition) is 3. The molecule has 0 heterocycles. The molecule has 0 bridgehead atoms.